The molecule has 12 heavy (non-hydrogen) atoms. The molecule has 3 heteroatoms. The van der Waals surface area contributed by atoms with Crippen LogP contribution in [0.2, 0.25) is 0 Å². The van der Waals surface area contributed by atoms with E-state index in [4.69, 9.17) is 0 Å². The first-order valence-electron chi connectivity index (χ1n) is 4.99. The predicted molar refractivity (Wildman–Crippen MR) is 51.2 cm³/mol. The van der Waals surface area contributed by atoms with E-state index in [1.807, 2.05) is 6.92 Å². The Morgan fingerprint density at radius 3 is 2.33 bits per heavy atom. The van der Waals surface area contributed by atoms with E-state index in [1.54, 1.807) is 0 Å². The number of hydrogen-bond acceptors (Lipinski definition) is 1. The first-order chi connectivity index (χ1) is 5.83. The Labute approximate surface area is 76.9 Å². The van der Waals surface area contributed by atoms with Crippen molar-refractivity contribution in [3.8, 4) is 0 Å². The third-order valence-electron chi connectivity index (χ3n) is 3.11. The molecule has 0 saturated carbocycles. The Balaban J connectivity index is 2.10. The standard InChI is InChI=1S/C9H17NOS/c1-2-12(11)10-8-4-3-5-9(10)7-6-8/h8-9H,2-7H2,1H3/t8-,9?,12?/m1/s1. The zero-order valence-electron chi connectivity index (χ0n) is 7.66. The van der Waals surface area contributed by atoms with Gasteiger partial charge in [0.15, 0.2) is 0 Å². The molecule has 2 saturated heterocycles. The fourth-order valence-electron chi connectivity index (χ4n) is 2.55. The second-order valence-corrected chi connectivity index (χ2v) is 5.43. The second kappa shape index (κ2) is 3.46. The zero-order valence-corrected chi connectivity index (χ0v) is 8.48. The zero-order chi connectivity index (χ0) is 8.55. The monoisotopic (exact) mass is 187 g/mol. The van der Waals surface area contributed by atoms with Crippen LogP contribution in [0.4, 0.5) is 0 Å². The second-order valence-electron chi connectivity index (χ2n) is 3.79. The lowest BCUT2D eigenvalue weighted by molar-refractivity contribution is 0.260. The first-order valence-corrected chi connectivity index (χ1v) is 6.27. The average molecular weight is 187 g/mol. The van der Waals surface area contributed by atoms with Crippen LogP contribution < -0.4 is 0 Å². The van der Waals surface area contributed by atoms with Gasteiger partial charge in [-0.15, -0.1) is 0 Å². The van der Waals surface area contributed by atoms with Gasteiger partial charge in [-0.1, -0.05) is 13.3 Å². The molecule has 2 bridgehead atoms. The fourth-order valence-corrected chi connectivity index (χ4v) is 3.94. The van der Waals surface area contributed by atoms with Crippen molar-refractivity contribution in [3.63, 3.8) is 0 Å². The molecule has 0 spiro atoms. The number of fused-ring (bicyclic) bond motifs is 2. The Hall–Kier alpha value is 0.110. The summed E-state index contributed by atoms with van der Waals surface area (Å²) in [5.41, 5.74) is 0. The van der Waals surface area contributed by atoms with E-state index >= 15 is 0 Å². The molecule has 0 aromatic carbocycles. The molecular formula is C9H17NOS. The molecule has 0 aromatic heterocycles. The van der Waals surface area contributed by atoms with Gasteiger partial charge in [-0.2, -0.15) is 0 Å². The van der Waals surface area contributed by atoms with Crippen LogP contribution in [-0.2, 0) is 11.0 Å². The smallest absolute Gasteiger partial charge is 0.0944 e. The molecule has 2 aliphatic heterocycles. The summed E-state index contributed by atoms with van der Waals surface area (Å²) in [6.07, 6.45) is 6.49. The Morgan fingerprint density at radius 1 is 1.25 bits per heavy atom. The van der Waals surface area contributed by atoms with E-state index in [2.05, 4.69) is 4.31 Å². The highest BCUT2D eigenvalue weighted by Gasteiger charge is 2.38. The van der Waals surface area contributed by atoms with E-state index < -0.39 is 11.0 Å². The van der Waals surface area contributed by atoms with Gasteiger partial charge >= 0.3 is 0 Å². The lowest BCUT2D eigenvalue weighted by atomic mass is 10.1. The number of hydrogen-bond donors (Lipinski definition) is 0. The molecule has 0 aromatic rings. The van der Waals surface area contributed by atoms with Gasteiger partial charge in [0.25, 0.3) is 0 Å². The summed E-state index contributed by atoms with van der Waals surface area (Å²) in [6, 6.07) is 1.31. The molecule has 2 rings (SSSR count). The summed E-state index contributed by atoms with van der Waals surface area (Å²) in [5.74, 6) is 0.799. The minimum atomic E-state index is -0.678. The highest BCUT2D eigenvalue weighted by molar-refractivity contribution is 7.82. The van der Waals surface area contributed by atoms with Gasteiger partial charge in [0.1, 0.15) is 0 Å². The molecule has 70 valence electrons. The maximum absolute atomic E-state index is 11.7. The molecule has 0 aliphatic carbocycles. The van der Waals surface area contributed by atoms with Crippen molar-refractivity contribution in [1.82, 2.24) is 4.31 Å². The number of nitrogens with zero attached hydrogens (tertiary/aromatic N) is 1. The lowest BCUT2D eigenvalue weighted by Crippen LogP contribution is -2.41. The largest absolute Gasteiger partial charge is 0.243 e. The van der Waals surface area contributed by atoms with Gasteiger partial charge in [-0.3, -0.25) is 0 Å². The highest BCUT2D eigenvalue weighted by atomic mass is 32.2. The molecule has 3 atom stereocenters. The van der Waals surface area contributed by atoms with Gasteiger partial charge < -0.3 is 0 Å². The van der Waals surface area contributed by atoms with Gasteiger partial charge in [-0.25, -0.2) is 8.51 Å². The molecule has 2 nitrogen and oxygen atoms in total. The van der Waals surface area contributed by atoms with Crippen molar-refractivity contribution in [2.24, 2.45) is 0 Å². The molecule has 2 aliphatic rings. The summed E-state index contributed by atoms with van der Waals surface area (Å²) >= 11 is 0. The number of rotatable bonds is 2. The summed E-state index contributed by atoms with van der Waals surface area (Å²) in [5, 5.41) is 0. The lowest BCUT2D eigenvalue weighted by Gasteiger charge is -2.32. The maximum atomic E-state index is 11.7. The van der Waals surface area contributed by atoms with Crippen molar-refractivity contribution < 1.29 is 4.21 Å². The summed E-state index contributed by atoms with van der Waals surface area (Å²) in [7, 11) is -0.678. The molecule has 0 amide bonds. The first kappa shape index (κ1) is 8.70. The van der Waals surface area contributed by atoms with E-state index in [1.165, 1.54) is 32.1 Å². The fraction of sp³-hybridized carbons (Fsp3) is 1.00. The van der Waals surface area contributed by atoms with Gasteiger partial charge in [0, 0.05) is 17.8 Å². The quantitative estimate of drug-likeness (QED) is 0.644. The van der Waals surface area contributed by atoms with E-state index in [0.29, 0.717) is 12.1 Å². The predicted octanol–water partition coefficient (Wildman–Crippen LogP) is 1.69. The summed E-state index contributed by atoms with van der Waals surface area (Å²) in [6.45, 7) is 2.02. The Kier molecular flexibility index (Phi) is 2.51. The van der Waals surface area contributed by atoms with Crippen molar-refractivity contribution in [1.29, 1.82) is 0 Å². The molecule has 2 unspecified atom stereocenters. The third-order valence-corrected chi connectivity index (χ3v) is 4.67. The van der Waals surface area contributed by atoms with Gasteiger partial charge in [0.2, 0.25) is 0 Å². The molecule has 2 fully saturated rings. The van der Waals surface area contributed by atoms with Crippen LogP contribution in [-0.4, -0.2) is 26.4 Å². The molecule has 0 radical (unpaired) electrons. The van der Waals surface area contributed by atoms with Crippen LogP contribution in [0.5, 0.6) is 0 Å². The summed E-state index contributed by atoms with van der Waals surface area (Å²) < 4.78 is 13.9. The van der Waals surface area contributed by atoms with Crippen LogP contribution in [0.1, 0.15) is 39.0 Å². The number of piperidine rings is 1. The maximum Gasteiger partial charge on any atom is 0.0944 e. The topological polar surface area (TPSA) is 20.3 Å². The van der Waals surface area contributed by atoms with Crippen molar-refractivity contribution in [3.05, 3.63) is 0 Å². The SMILES string of the molecule is CCS(=O)N1C2CCC[C@@H]1CC2. The van der Waals surface area contributed by atoms with Crippen LogP contribution >= 0.6 is 0 Å². The minimum Gasteiger partial charge on any atom is -0.243 e. The Bertz CT molecular complexity index is 179. The van der Waals surface area contributed by atoms with Crippen LogP contribution in [0.3, 0.4) is 0 Å². The highest BCUT2D eigenvalue weighted by Crippen LogP contribution is 2.36. The normalized spacial score (nSPS) is 38.4. The minimum absolute atomic E-state index is 0.657. The van der Waals surface area contributed by atoms with Crippen LogP contribution in [0.15, 0.2) is 0 Å². The summed E-state index contributed by atoms with van der Waals surface area (Å²) in [4.78, 5) is 0. The van der Waals surface area contributed by atoms with Crippen molar-refractivity contribution in [2.75, 3.05) is 5.75 Å². The van der Waals surface area contributed by atoms with E-state index in [0.717, 1.165) is 5.75 Å². The van der Waals surface area contributed by atoms with Crippen molar-refractivity contribution >= 4 is 11.0 Å². The van der Waals surface area contributed by atoms with Gasteiger partial charge in [0.05, 0.1) is 11.0 Å². The van der Waals surface area contributed by atoms with E-state index in [-0.39, 0.29) is 0 Å². The van der Waals surface area contributed by atoms with Crippen molar-refractivity contribution in [2.45, 2.75) is 51.1 Å². The Morgan fingerprint density at radius 2 is 1.83 bits per heavy atom. The molecule has 2 heterocycles. The molecular weight excluding hydrogens is 170 g/mol. The molecule has 0 N–H and O–H groups in total. The van der Waals surface area contributed by atoms with Gasteiger partial charge in [-0.05, 0) is 25.7 Å². The third kappa shape index (κ3) is 1.33. The van der Waals surface area contributed by atoms with Crippen LogP contribution in [0.25, 0.3) is 0 Å². The van der Waals surface area contributed by atoms with Crippen LogP contribution in [0, 0.1) is 0 Å². The van der Waals surface area contributed by atoms with E-state index in [9.17, 15) is 4.21 Å². The average Bonchev–Trinajstić information content (AvgIpc) is 2.35.